The first kappa shape index (κ1) is 15.6. The van der Waals surface area contributed by atoms with Crippen molar-refractivity contribution in [2.75, 3.05) is 0 Å². The summed E-state index contributed by atoms with van der Waals surface area (Å²) in [5.74, 6) is 1.45. The molecule has 0 aromatic heterocycles. The van der Waals surface area contributed by atoms with Crippen molar-refractivity contribution in [1.82, 2.24) is 0 Å². The third kappa shape index (κ3) is 2.68. The maximum atomic E-state index is 2.71. The summed E-state index contributed by atoms with van der Waals surface area (Å²) in [6.07, 6.45) is 23.5. The zero-order valence-corrected chi connectivity index (χ0v) is 18.8. The fourth-order valence-electron chi connectivity index (χ4n) is 5.59. The van der Waals surface area contributed by atoms with Crippen LogP contribution in [-0.2, 0) is 20.6 Å². The van der Waals surface area contributed by atoms with Crippen molar-refractivity contribution in [3.63, 3.8) is 0 Å². The van der Waals surface area contributed by atoms with E-state index < -0.39 is 26.6 Å². The molecule has 0 nitrogen and oxygen atoms in total. The van der Waals surface area contributed by atoms with Gasteiger partial charge in [-0.1, -0.05) is 0 Å². The summed E-state index contributed by atoms with van der Waals surface area (Å²) in [6, 6.07) is 0. The molecule has 0 heterocycles. The first-order valence-electron chi connectivity index (χ1n) is 9.35. The average Bonchev–Trinajstić information content (AvgIpc) is 3.13. The third-order valence-corrected chi connectivity index (χ3v) is 39.1. The van der Waals surface area contributed by atoms with Crippen LogP contribution in [0.4, 0.5) is 0 Å². The molecule has 4 rings (SSSR count). The number of hydrogen-bond acceptors (Lipinski definition) is 0. The normalized spacial score (nSPS) is 36.1. The molecular weight excluding hydrogens is 447 g/mol. The average molecular weight is 476 g/mol. The molecule has 0 spiro atoms. The van der Waals surface area contributed by atoms with Gasteiger partial charge in [-0.25, -0.2) is 0 Å². The molecule has 22 heavy (non-hydrogen) atoms. The molecule has 0 aromatic carbocycles. The second kappa shape index (κ2) is 6.51. The van der Waals surface area contributed by atoms with Crippen LogP contribution in [-0.4, -0.2) is 5.98 Å². The van der Waals surface area contributed by atoms with Gasteiger partial charge in [0.05, 0.1) is 0 Å². The van der Waals surface area contributed by atoms with Crippen molar-refractivity contribution in [1.29, 1.82) is 0 Å². The number of hydrogen-bond donors (Lipinski definition) is 0. The van der Waals surface area contributed by atoms with Gasteiger partial charge >= 0.3 is 145 Å². The zero-order valence-electron chi connectivity index (χ0n) is 14.1. The van der Waals surface area contributed by atoms with E-state index in [1.807, 2.05) is 11.1 Å². The summed E-state index contributed by atoms with van der Waals surface area (Å²) in [7, 11) is 0. The van der Waals surface area contributed by atoms with Crippen LogP contribution in [0, 0.1) is 11.8 Å². The van der Waals surface area contributed by atoms with Gasteiger partial charge in [0.2, 0.25) is 0 Å². The summed E-state index contributed by atoms with van der Waals surface area (Å²) in [5, 5.41) is 0. The van der Waals surface area contributed by atoms with Crippen LogP contribution in [0.5, 0.6) is 0 Å². The standard InChI is InChI=1S/2C9H11.C2H7Si.Hf/c2*1-2-5-9-7-3-6-8(9)4-1;1-3-2;/h2*1-2,4,6,9H,3,5,7H2;3H,1-2H3;. The van der Waals surface area contributed by atoms with Gasteiger partial charge in [0.25, 0.3) is 0 Å². The van der Waals surface area contributed by atoms with Crippen LogP contribution in [0.1, 0.15) is 38.5 Å². The van der Waals surface area contributed by atoms with E-state index in [1.54, 1.807) is 12.8 Å². The third-order valence-electron chi connectivity index (χ3n) is 6.52. The second-order valence-corrected chi connectivity index (χ2v) is 36.8. The Morgan fingerprint density at radius 2 is 1.32 bits per heavy atom. The van der Waals surface area contributed by atoms with Gasteiger partial charge in [0, 0.05) is 0 Å². The van der Waals surface area contributed by atoms with E-state index in [9.17, 15) is 0 Å². The predicted octanol–water partition coefficient (Wildman–Crippen LogP) is 5.76. The fourth-order valence-corrected chi connectivity index (χ4v) is 40.9. The van der Waals surface area contributed by atoms with Gasteiger partial charge in [-0.05, 0) is 0 Å². The number of allylic oxidation sites excluding steroid dienone is 8. The maximum absolute atomic E-state index is 2.71. The SMILES string of the molecule is C[SiH](C)[Hf]([CH]1CCC2CC=CC=C21)[CH]1CCC2CC=CC=C21. The van der Waals surface area contributed by atoms with Gasteiger partial charge in [0.15, 0.2) is 0 Å². The Hall–Kier alpha value is 0.0470. The van der Waals surface area contributed by atoms with Crippen LogP contribution in [0.2, 0.25) is 20.4 Å². The minimum absolute atomic E-state index is 0.442. The van der Waals surface area contributed by atoms with Crippen LogP contribution < -0.4 is 0 Å². The molecule has 117 valence electrons. The summed E-state index contributed by atoms with van der Waals surface area (Å²) in [4.78, 5) is 0. The van der Waals surface area contributed by atoms with Crippen LogP contribution >= 0.6 is 0 Å². The molecule has 4 atom stereocenters. The molecule has 2 saturated carbocycles. The molecule has 0 bridgehead atoms. The van der Waals surface area contributed by atoms with Crippen molar-refractivity contribution in [3.05, 3.63) is 47.6 Å². The van der Waals surface area contributed by atoms with Gasteiger partial charge in [-0.3, -0.25) is 0 Å². The minimum atomic E-state index is -1.56. The molecule has 0 amide bonds. The monoisotopic (exact) mass is 477 g/mol. The molecule has 4 aliphatic rings. The van der Waals surface area contributed by atoms with Gasteiger partial charge in [-0.2, -0.15) is 0 Å². The van der Waals surface area contributed by atoms with Gasteiger partial charge in [-0.15, -0.1) is 0 Å². The fraction of sp³-hybridized carbons (Fsp3) is 0.600. The van der Waals surface area contributed by atoms with Gasteiger partial charge in [0.1, 0.15) is 0 Å². The van der Waals surface area contributed by atoms with Crippen molar-refractivity contribution in [2.24, 2.45) is 11.8 Å². The Kier molecular flexibility index (Phi) is 4.61. The molecule has 0 radical (unpaired) electrons. The molecule has 4 unspecified atom stereocenters. The van der Waals surface area contributed by atoms with E-state index in [0.29, 0.717) is 0 Å². The number of rotatable bonds is 3. The van der Waals surface area contributed by atoms with E-state index in [1.165, 1.54) is 25.7 Å². The predicted molar refractivity (Wildman–Crippen MR) is 95.5 cm³/mol. The van der Waals surface area contributed by atoms with Crippen LogP contribution in [0.15, 0.2) is 47.6 Å². The van der Waals surface area contributed by atoms with Crippen LogP contribution in [0.3, 0.4) is 0 Å². The zero-order chi connectivity index (χ0) is 15.1. The Bertz CT molecular complexity index is 508. The first-order valence-corrected chi connectivity index (χ1v) is 22.6. The topological polar surface area (TPSA) is 0 Å². The van der Waals surface area contributed by atoms with E-state index in [0.717, 1.165) is 19.2 Å². The van der Waals surface area contributed by atoms with Crippen molar-refractivity contribution in [2.45, 2.75) is 59.0 Å². The quantitative estimate of drug-likeness (QED) is 0.455. The van der Waals surface area contributed by atoms with Crippen molar-refractivity contribution in [3.8, 4) is 0 Å². The van der Waals surface area contributed by atoms with Gasteiger partial charge < -0.3 is 0 Å². The van der Waals surface area contributed by atoms with E-state index in [-0.39, 0.29) is 0 Å². The van der Waals surface area contributed by atoms with Crippen molar-refractivity contribution < 1.29 is 20.6 Å². The van der Waals surface area contributed by atoms with E-state index >= 15 is 0 Å². The Balaban J connectivity index is 1.64. The summed E-state index contributed by atoms with van der Waals surface area (Å²) in [6.45, 7) is 5.42. The Morgan fingerprint density at radius 1 is 0.818 bits per heavy atom. The van der Waals surface area contributed by atoms with E-state index in [2.05, 4.69) is 49.6 Å². The molecule has 0 aliphatic heterocycles. The Labute approximate surface area is 144 Å². The molecule has 0 N–H and O–H groups in total. The first-order chi connectivity index (χ1) is 10.8. The van der Waals surface area contributed by atoms with Crippen LogP contribution in [0.25, 0.3) is 0 Å². The molecule has 2 heteroatoms. The summed E-state index contributed by atoms with van der Waals surface area (Å²) < 4.78 is 2.25. The second-order valence-electron chi connectivity index (χ2n) is 7.97. The summed E-state index contributed by atoms with van der Waals surface area (Å²) >= 11 is -1.56. The summed E-state index contributed by atoms with van der Waals surface area (Å²) in [5.41, 5.74) is 3.86. The van der Waals surface area contributed by atoms with Crippen molar-refractivity contribution >= 4 is 5.98 Å². The molecule has 2 fully saturated rings. The molecule has 0 saturated heterocycles. The molecule has 0 aromatic rings. The molecular formula is C20H29HfSi. The number of fused-ring (bicyclic) bond motifs is 2. The molecule has 4 aliphatic carbocycles. The Morgan fingerprint density at radius 3 is 1.77 bits per heavy atom. The van der Waals surface area contributed by atoms with E-state index in [4.69, 9.17) is 0 Å².